The molecule has 10 rings (SSSR count). The van der Waals surface area contributed by atoms with Gasteiger partial charge in [-0.05, 0) is 62.6 Å². The molecule has 2 bridgehead atoms. The number of benzene rings is 1. The van der Waals surface area contributed by atoms with Gasteiger partial charge in [-0.2, -0.15) is 10.2 Å². The third-order valence-electron chi connectivity index (χ3n) is 12.8. The number of anilines is 3. The van der Waals surface area contributed by atoms with Crippen molar-refractivity contribution in [3.05, 3.63) is 64.6 Å². The van der Waals surface area contributed by atoms with E-state index in [9.17, 15) is 28.0 Å². The van der Waals surface area contributed by atoms with Crippen LogP contribution in [0.25, 0.3) is 16.7 Å². The number of rotatable bonds is 11. The van der Waals surface area contributed by atoms with Gasteiger partial charge in [0.05, 0.1) is 60.0 Å². The molecule has 1 saturated carbocycles. The number of fused-ring (bicyclic) bond motifs is 4. The molecule has 3 atom stereocenters. The van der Waals surface area contributed by atoms with Crippen molar-refractivity contribution in [3.8, 4) is 0 Å². The van der Waals surface area contributed by atoms with Crippen molar-refractivity contribution in [1.29, 1.82) is 0 Å². The van der Waals surface area contributed by atoms with E-state index in [0.717, 1.165) is 68.8 Å². The molecule has 1 aliphatic carbocycles. The number of imide groups is 1. The molecule has 19 heteroatoms. The number of aryl methyl sites for hydroxylation is 1. The van der Waals surface area contributed by atoms with E-state index in [1.54, 1.807) is 22.5 Å². The molecule has 1 unspecified atom stereocenters. The third-order valence-corrected chi connectivity index (χ3v) is 12.8. The number of halogens is 2. The van der Waals surface area contributed by atoms with Crippen molar-refractivity contribution in [3.63, 3.8) is 0 Å². The van der Waals surface area contributed by atoms with Crippen molar-refractivity contribution in [2.24, 2.45) is 18.9 Å². The lowest BCUT2D eigenvalue weighted by Crippen LogP contribution is -2.49. The lowest BCUT2D eigenvalue weighted by atomic mass is 9.86. The number of amides is 3. The van der Waals surface area contributed by atoms with Crippen LogP contribution in [0.3, 0.4) is 0 Å². The van der Waals surface area contributed by atoms with Gasteiger partial charge in [-0.3, -0.25) is 33.5 Å². The Morgan fingerprint density at radius 1 is 1.03 bits per heavy atom. The molecule has 0 spiro atoms. The Kier molecular flexibility index (Phi) is 9.45. The molecule has 5 fully saturated rings. The predicted octanol–water partition coefficient (Wildman–Crippen LogP) is 3.61. The number of para-hydroxylation sites is 1. The van der Waals surface area contributed by atoms with E-state index in [1.165, 1.54) is 21.5 Å². The summed E-state index contributed by atoms with van der Waals surface area (Å²) < 4.78 is 46.6. The number of nitrogens with one attached hydrogen (secondary N) is 2. The Balaban J connectivity index is 0.723. The molecule has 8 heterocycles. The molecule has 2 N–H and O–H groups in total. The first kappa shape index (κ1) is 37.6. The van der Waals surface area contributed by atoms with Gasteiger partial charge in [0.15, 0.2) is 11.3 Å². The number of imidazole rings is 1. The van der Waals surface area contributed by atoms with Crippen molar-refractivity contribution >= 4 is 51.6 Å². The van der Waals surface area contributed by atoms with Gasteiger partial charge < -0.3 is 24.6 Å². The van der Waals surface area contributed by atoms with Gasteiger partial charge in [0.25, 0.3) is 12.3 Å². The average molecular weight is 814 g/mol. The van der Waals surface area contributed by atoms with Gasteiger partial charge in [-0.1, -0.05) is 6.07 Å². The Bertz CT molecular complexity index is 2520. The van der Waals surface area contributed by atoms with E-state index in [-0.39, 0.29) is 53.9 Å². The van der Waals surface area contributed by atoms with Gasteiger partial charge in [0, 0.05) is 58.0 Å². The van der Waals surface area contributed by atoms with E-state index in [0.29, 0.717) is 42.8 Å². The molecule has 0 radical (unpaired) electrons. The van der Waals surface area contributed by atoms with Gasteiger partial charge in [-0.25, -0.2) is 23.1 Å². The number of hydrogen-bond acceptors (Lipinski definition) is 11. The Hall–Kier alpha value is -5.69. The average Bonchev–Trinajstić information content (AvgIpc) is 4.06. The lowest BCUT2D eigenvalue weighted by Gasteiger charge is -2.41. The van der Waals surface area contributed by atoms with Gasteiger partial charge in [0.2, 0.25) is 11.8 Å². The number of morpholine rings is 1. The molecule has 5 aromatic rings. The normalized spacial score (nSPS) is 24.8. The van der Waals surface area contributed by atoms with Crippen molar-refractivity contribution in [2.45, 2.75) is 75.6 Å². The molecule has 1 aromatic carbocycles. The molecule has 3 amide bonds. The summed E-state index contributed by atoms with van der Waals surface area (Å²) in [6.07, 6.45) is 6.56. The van der Waals surface area contributed by atoms with E-state index < -0.39 is 30.0 Å². The quantitative estimate of drug-likeness (QED) is 0.187. The number of piperidine rings is 1. The number of carbonyl (C=O) groups is 3. The van der Waals surface area contributed by atoms with Gasteiger partial charge in [0.1, 0.15) is 17.4 Å². The number of nitrogens with zero attached hydrogens (tertiary/aromatic N) is 9. The fourth-order valence-corrected chi connectivity index (χ4v) is 9.65. The maximum Gasteiger partial charge on any atom is 0.329 e. The smallest absolute Gasteiger partial charge is 0.329 e. The van der Waals surface area contributed by atoms with E-state index >= 15 is 0 Å². The van der Waals surface area contributed by atoms with Crippen LogP contribution in [0.5, 0.6) is 0 Å². The fraction of sp³-hybridized carbons (Fsp3) is 0.525. The number of ether oxygens (including phenoxy) is 2. The molecule has 5 aliphatic rings. The molecule has 4 aliphatic heterocycles. The first-order chi connectivity index (χ1) is 28.6. The zero-order valence-corrected chi connectivity index (χ0v) is 32.5. The van der Waals surface area contributed by atoms with Crippen LogP contribution in [-0.4, -0.2) is 103 Å². The Morgan fingerprint density at radius 2 is 1.85 bits per heavy atom. The molecule has 59 heavy (non-hydrogen) atoms. The fourth-order valence-electron chi connectivity index (χ4n) is 9.65. The van der Waals surface area contributed by atoms with Crippen LogP contribution in [0.2, 0.25) is 0 Å². The molecule has 4 aromatic heterocycles. The summed E-state index contributed by atoms with van der Waals surface area (Å²) in [5.41, 5.74) is 2.07. The van der Waals surface area contributed by atoms with Crippen LogP contribution in [0.15, 0.2) is 47.7 Å². The van der Waals surface area contributed by atoms with Crippen molar-refractivity contribution in [1.82, 2.24) is 38.8 Å². The third kappa shape index (κ3) is 6.73. The van der Waals surface area contributed by atoms with E-state index in [1.807, 2.05) is 24.3 Å². The van der Waals surface area contributed by atoms with Crippen molar-refractivity contribution < 1.29 is 32.6 Å². The Labute approximate surface area is 336 Å². The summed E-state index contributed by atoms with van der Waals surface area (Å²) in [6, 6.07) is 6.98. The predicted molar refractivity (Wildman–Crippen MR) is 210 cm³/mol. The molecule has 17 nitrogen and oxygen atoms in total. The summed E-state index contributed by atoms with van der Waals surface area (Å²) in [6.45, 7) is 4.10. The zero-order valence-electron chi connectivity index (χ0n) is 32.5. The monoisotopic (exact) mass is 813 g/mol. The first-order valence-electron chi connectivity index (χ1n) is 20.4. The van der Waals surface area contributed by atoms with Gasteiger partial charge >= 0.3 is 5.69 Å². The maximum absolute atomic E-state index is 14.2. The second-order valence-corrected chi connectivity index (χ2v) is 16.6. The summed E-state index contributed by atoms with van der Waals surface area (Å²) in [4.78, 5) is 60.3. The highest BCUT2D eigenvalue weighted by Crippen LogP contribution is 2.37. The molecule has 310 valence electrons. The summed E-state index contributed by atoms with van der Waals surface area (Å²) in [7, 11) is 1.71. The summed E-state index contributed by atoms with van der Waals surface area (Å²) in [5, 5.41) is 13.5. The highest BCUT2D eigenvalue weighted by Gasteiger charge is 2.40. The SMILES string of the molecule is Cn1c(=O)n(C2CCC(=O)NC2=O)c2cccc(N3CC(COCC4CCC(n5cc(NC(=O)c6cnn7ccc(N8C[C@H]9C[C@@H]8CO9)nc67)c(C(F)F)n5)CC4)C3)c21. The number of hydrogen-bond donors (Lipinski definition) is 2. The van der Waals surface area contributed by atoms with Crippen LogP contribution >= 0.6 is 0 Å². The zero-order chi connectivity index (χ0) is 40.5. The second-order valence-electron chi connectivity index (χ2n) is 16.6. The van der Waals surface area contributed by atoms with Crippen LogP contribution in [-0.2, 0) is 26.1 Å². The van der Waals surface area contributed by atoms with Crippen molar-refractivity contribution in [2.75, 3.05) is 54.6 Å². The minimum atomic E-state index is -2.88. The van der Waals surface area contributed by atoms with E-state index in [2.05, 4.69) is 30.6 Å². The largest absolute Gasteiger partial charge is 0.381 e. The number of aromatic nitrogens is 7. The van der Waals surface area contributed by atoms with E-state index in [4.69, 9.17) is 14.5 Å². The van der Waals surface area contributed by atoms with Crippen LogP contribution < -0.4 is 26.1 Å². The maximum atomic E-state index is 14.2. The minimum Gasteiger partial charge on any atom is -0.381 e. The first-order valence-corrected chi connectivity index (χ1v) is 20.4. The summed E-state index contributed by atoms with van der Waals surface area (Å²) >= 11 is 0. The highest BCUT2D eigenvalue weighted by molar-refractivity contribution is 6.08. The lowest BCUT2D eigenvalue weighted by molar-refractivity contribution is -0.135. The molecular weight excluding hydrogens is 769 g/mol. The molecular formula is C40H45F2N11O6. The van der Waals surface area contributed by atoms with Crippen LogP contribution in [0.1, 0.15) is 79.5 Å². The number of alkyl halides is 2. The number of carbonyl (C=O) groups excluding carboxylic acids is 3. The minimum absolute atomic E-state index is 0.0279. The standard InChI is InChI=1S/C40H45F2N11O6/c1-48-35-29(3-2-4-30(35)53(40(48)57)31-9-10-33(54)46-39(31)56)49-15-23(16-49)20-58-19-22-5-7-24(8-6-22)52-18-28(34(47-52)36(41)42)44-38(55)27-14-43-51-12-11-32(45-37(27)51)50-17-26-13-25(50)21-59-26/h2-4,11-12,14,18,22-26,31,36H,5-10,13,15-17,19-21H2,1H3,(H,44,55)(H,46,54,56)/t22?,24?,25-,26-,31?/m1/s1. The Morgan fingerprint density at radius 3 is 2.59 bits per heavy atom. The summed E-state index contributed by atoms with van der Waals surface area (Å²) in [5.74, 6) is 0.00330. The van der Waals surface area contributed by atoms with Gasteiger partial charge in [-0.15, -0.1) is 0 Å². The molecule has 4 saturated heterocycles. The highest BCUT2D eigenvalue weighted by atomic mass is 19.3. The topological polar surface area (TPSA) is 175 Å². The van der Waals surface area contributed by atoms with Crippen LogP contribution in [0, 0.1) is 11.8 Å². The second kappa shape index (κ2) is 14.8. The van der Waals surface area contributed by atoms with Crippen LogP contribution in [0.4, 0.5) is 26.0 Å².